The van der Waals surface area contributed by atoms with Crippen LogP contribution in [0.5, 0.6) is 5.75 Å². The molecule has 3 aromatic rings. The summed E-state index contributed by atoms with van der Waals surface area (Å²) in [5, 5.41) is 6.63. The lowest BCUT2D eigenvalue weighted by Gasteiger charge is -2.14. The molecule has 0 saturated heterocycles. The number of amides is 1. The predicted molar refractivity (Wildman–Crippen MR) is 111 cm³/mol. The molecule has 0 spiro atoms. The summed E-state index contributed by atoms with van der Waals surface area (Å²) in [6, 6.07) is 23.0. The van der Waals surface area contributed by atoms with Crippen LogP contribution in [0.15, 0.2) is 72.8 Å². The van der Waals surface area contributed by atoms with E-state index in [4.69, 9.17) is 16.3 Å². The highest BCUT2D eigenvalue weighted by atomic mass is 35.5. The Bertz CT molecular complexity index is 913. The highest BCUT2D eigenvalue weighted by molar-refractivity contribution is 6.31. The van der Waals surface area contributed by atoms with Crippen molar-refractivity contribution in [3.8, 4) is 5.75 Å². The Labute approximate surface area is 164 Å². The van der Waals surface area contributed by atoms with Crippen molar-refractivity contribution >= 4 is 28.9 Å². The normalized spacial score (nSPS) is 10.3. The maximum absolute atomic E-state index is 12.3. The van der Waals surface area contributed by atoms with E-state index in [-0.39, 0.29) is 12.5 Å². The molecule has 138 valence electrons. The van der Waals surface area contributed by atoms with E-state index in [9.17, 15) is 4.79 Å². The van der Waals surface area contributed by atoms with Gasteiger partial charge in [0, 0.05) is 10.7 Å². The standard InChI is InChI=1S/C22H21ClN2O2/c1-16-18(23)10-7-12-19(16)25-22(26)14-24-20-11-5-6-13-21(20)27-15-17-8-3-2-4-9-17/h2-13,24H,14-15H2,1H3,(H,25,26). The molecule has 0 atom stereocenters. The first-order valence-electron chi connectivity index (χ1n) is 8.68. The summed E-state index contributed by atoms with van der Waals surface area (Å²) in [7, 11) is 0. The van der Waals surface area contributed by atoms with E-state index in [1.807, 2.05) is 73.7 Å². The van der Waals surface area contributed by atoms with Crippen LogP contribution < -0.4 is 15.4 Å². The number of ether oxygens (including phenoxy) is 1. The lowest BCUT2D eigenvalue weighted by molar-refractivity contribution is -0.114. The van der Waals surface area contributed by atoms with Crippen LogP contribution in [0.3, 0.4) is 0 Å². The molecule has 1 amide bonds. The van der Waals surface area contributed by atoms with Gasteiger partial charge in [0.1, 0.15) is 12.4 Å². The monoisotopic (exact) mass is 380 g/mol. The fraction of sp³-hybridized carbons (Fsp3) is 0.136. The first-order valence-corrected chi connectivity index (χ1v) is 9.06. The van der Waals surface area contributed by atoms with Crippen LogP contribution >= 0.6 is 11.6 Å². The highest BCUT2D eigenvalue weighted by Crippen LogP contribution is 2.25. The maximum Gasteiger partial charge on any atom is 0.243 e. The van der Waals surface area contributed by atoms with Crippen molar-refractivity contribution in [2.75, 3.05) is 17.2 Å². The van der Waals surface area contributed by atoms with Crippen LogP contribution in [-0.4, -0.2) is 12.5 Å². The number of hydrogen-bond acceptors (Lipinski definition) is 3. The molecule has 3 rings (SSSR count). The van der Waals surface area contributed by atoms with Gasteiger partial charge in [-0.3, -0.25) is 4.79 Å². The summed E-state index contributed by atoms with van der Waals surface area (Å²) in [4.78, 5) is 12.3. The van der Waals surface area contributed by atoms with Crippen LogP contribution in [0.2, 0.25) is 5.02 Å². The van der Waals surface area contributed by atoms with Gasteiger partial charge in [-0.15, -0.1) is 0 Å². The fourth-order valence-corrected chi connectivity index (χ4v) is 2.76. The largest absolute Gasteiger partial charge is 0.487 e. The zero-order valence-electron chi connectivity index (χ0n) is 15.0. The second kappa shape index (κ2) is 9.10. The predicted octanol–water partition coefficient (Wildman–Crippen LogP) is 5.28. The molecule has 0 aliphatic carbocycles. The number of nitrogens with one attached hydrogen (secondary N) is 2. The van der Waals surface area contributed by atoms with Crippen molar-refractivity contribution in [2.24, 2.45) is 0 Å². The van der Waals surface area contributed by atoms with E-state index in [0.29, 0.717) is 23.1 Å². The third kappa shape index (κ3) is 5.25. The van der Waals surface area contributed by atoms with E-state index in [1.54, 1.807) is 6.07 Å². The summed E-state index contributed by atoms with van der Waals surface area (Å²) in [6.07, 6.45) is 0. The third-order valence-electron chi connectivity index (χ3n) is 4.11. The SMILES string of the molecule is Cc1c(Cl)cccc1NC(=O)CNc1ccccc1OCc1ccccc1. The molecule has 0 aliphatic heterocycles. The molecule has 27 heavy (non-hydrogen) atoms. The zero-order chi connectivity index (χ0) is 19.1. The van der Waals surface area contributed by atoms with Crippen molar-refractivity contribution in [3.63, 3.8) is 0 Å². The maximum atomic E-state index is 12.3. The average Bonchev–Trinajstić information content (AvgIpc) is 2.70. The highest BCUT2D eigenvalue weighted by Gasteiger charge is 2.09. The molecule has 2 N–H and O–H groups in total. The van der Waals surface area contributed by atoms with E-state index >= 15 is 0 Å². The second-order valence-corrected chi connectivity index (χ2v) is 6.49. The Morgan fingerprint density at radius 3 is 2.44 bits per heavy atom. The lowest BCUT2D eigenvalue weighted by Crippen LogP contribution is -2.22. The van der Waals surface area contributed by atoms with Crippen LogP contribution in [0.4, 0.5) is 11.4 Å². The van der Waals surface area contributed by atoms with Gasteiger partial charge in [-0.05, 0) is 42.3 Å². The zero-order valence-corrected chi connectivity index (χ0v) is 15.8. The molecule has 0 unspecified atom stereocenters. The molecular weight excluding hydrogens is 360 g/mol. The van der Waals surface area contributed by atoms with E-state index in [1.165, 1.54) is 0 Å². The van der Waals surface area contributed by atoms with Gasteiger partial charge in [0.05, 0.1) is 12.2 Å². The number of rotatable bonds is 7. The first kappa shape index (κ1) is 18.8. The van der Waals surface area contributed by atoms with Crippen LogP contribution in [0.25, 0.3) is 0 Å². The quantitative estimate of drug-likeness (QED) is 0.586. The van der Waals surface area contributed by atoms with Crippen LogP contribution in [-0.2, 0) is 11.4 Å². The van der Waals surface area contributed by atoms with Crippen LogP contribution in [0.1, 0.15) is 11.1 Å². The number of benzene rings is 3. The summed E-state index contributed by atoms with van der Waals surface area (Å²) in [5.41, 5.74) is 3.41. The summed E-state index contributed by atoms with van der Waals surface area (Å²) < 4.78 is 5.90. The van der Waals surface area contributed by atoms with E-state index in [0.717, 1.165) is 16.8 Å². The van der Waals surface area contributed by atoms with Crippen molar-refractivity contribution in [3.05, 3.63) is 88.9 Å². The fourth-order valence-electron chi connectivity index (χ4n) is 2.59. The van der Waals surface area contributed by atoms with Gasteiger partial charge in [-0.1, -0.05) is 60.1 Å². The van der Waals surface area contributed by atoms with Gasteiger partial charge in [0.15, 0.2) is 0 Å². The molecule has 3 aromatic carbocycles. The Morgan fingerprint density at radius 2 is 1.63 bits per heavy atom. The summed E-state index contributed by atoms with van der Waals surface area (Å²) >= 11 is 6.09. The Hall–Kier alpha value is -2.98. The minimum atomic E-state index is -0.154. The number of anilines is 2. The Kier molecular flexibility index (Phi) is 6.34. The van der Waals surface area contributed by atoms with Crippen molar-refractivity contribution in [1.82, 2.24) is 0 Å². The smallest absolute Gasteiger partial charge is 0.243 e. The molecule has 0 aromatic heterocycles. The van der Waals surface area contributed by atoms with E-state index in [2.05, 4.69) is 10.6 Å². The Morgan fingerprint density at radius 1 is 0.926 bits per heavy atom. The second-order valence-electron chi connectivity index (χ2n) is 6.08. The summed E-state index contributed by atoms with van der Waals surface area (Å²) in [5.74, 6) is 0.548. The number of para-hydroxylation sites is 2. The molecule has 0 bridgehead atoms. The molecule has 0 aliphatic rings. The third-order valence-corrected chi connectivity index (χ3v) is 4.51. The number of hydrogen-bond donors (Lipinski definition) is 2. The molecule has 5 heteroatoms. The van der Waals surface area contributed by atoms with Crippen LogP contribution in [0, 0.1) is 6.92 Å². The summed E-state index contributed by atoms with van der Waals surface area (Å²) in [6.45, 7) is 2.46. The molecule has 0 heterocycles. The number of carbonyl (C=O) groups excluding carboxylic acids is 1. The van der Waals surface area contributed by atoms with Crippen molar-refractivity contribution in [2.45, 2.75) is 13.5 Å². The van der Waals surface area contributed by atoms with Gasteiger partial charge < -0.3 is 15.4 Å². The van der Waals surface area contributed by atoms with Crippen molar-refractivity contribution in [1.29, 1.82) is 0 Å². The van der Waals surface area contributed by atoms with E-state index < -0.39 is 0 Å². The lowest BCUT2D eigenvalue weighted by atomic mass is 10.2. The number of carbonyl (C=O) groups is 1. The number of halogens is 1. The minimum Gasteiger partial charge on any atom is -0.487 e. The van der Waals surface area contributed by atoms with Gasteiger partial charge in [-0.25, -0.2) is 0 Å². The topological polar surface area (TPSA) is 50.4 Å². The van der Waals surface area contributed by atoms with Gasteiger partial charge in [0.2, 0.25) is 5.91 Å². The van der Waals surface area contributed by atoms with Gasteiger partial charge in [-0.2, -0.15) is 0 Å². The Balaban J connectivity index is 1.59. The molecule has 4 nitrogen and oxygen atoms in total. The van der Waals surface area contributed by atoms with Crippen molar-refractivity contribution < 1.29 is 9.53 Å². The average molecular weight is 381 g/mol. The van der Waals surface area contributed by atoms with Gasteiger partial charge in [0.25, 0.3) is 0 Å². The molecular formula is C22H21ClN2O2. The minimum absolute atomic E-state index is 0.123. The van der Waals surface area contributed by atoms with Gasteiger partial charge >= 0.3 is 0 Å². The molecule has 0 radical (unpaired) electrons. The first-order chi connectivity index (χ1) is 13.1. The molecule has 0 saturated carbocycles. The molecule has 0 fully saturated rings.